The van der Waals surface area contributed by atoms with E-state index in [1.54, 1.807) is 0 Å². The van der Waals surface area contributed by atoms with Gasteiger partial charge in [0.25, 0.3) is 11.7 Å². The highest BCUT2D eigenvalue weighted by atomic mass is 19.4. The third-order valence-electron chi connectivity index (χ3n) is 3.99. The van der Waals surface area contributed by atoms with Crippen LogP contribution >= 0.6 is 0 Å². The summed E-state index contributed by atoms with van der Waals surface area (Å²) in [6.45, 7) is -0.149. The molecule has 1 N–H and O–H groups in total. The highest BCUT2D eigenvalue weighted by molar-refractivity contribution is 5.95. The van der Waals surface area contributed by atoms with E-state index in [4.69, 9.17) is 9.47 Å². The van der Waals surface area contributed by atoms with Gasteiger partial charge in [0.05, 0.1) is 18.7 Å². The highest BCUT2D eigenvalue weighted by Gasteiger charge is 2.37. The van der Waals surface area contributed by atoms with Crippen molar-refractivity contribution in [3.63, 3.8) is 0 Å². The van der Waals surface area contributed by atoms with E-state index in [9.17, 15) is 26.7 Å². The van der Waals surface area contributed by atoms with Crippen LogP contribution in [0.4, 0.5) is 22.0 Å². The Hall–Kier alpha value is -3.61. The molecule has 8 nitrogen and oxygen atoms in total. The number of benzene rings is 1. The summed E-state index contributed by atoms with van der Waals surface area (Å²) in [5.74, 6) is -4.80. The van der Waals surface area contributed by atoms with Gasteiger partial charge in [-0.25, -0.2) is 13.8 Å². The summed E-state index contributed by atoms with van der Waals surface area (Å²) < 4.78 is 79.4. The number of nitrogens with zero attached hydrogens (tertiary/aromatic N) is 3. The van der Waals surface area contributed by atoms with Gasteiger partial charge in [-0.1, -0.05) is 11.2 Å². The van der Waals surface area contributed by atoms with Crippen LogP contribution in [0.2, 0.25) is 0 Å². The summed E-state index contributed by atoms with van der Waals surface area (Å²) in [7, 11) is 1.46. The lowest BCUT2D eigenvalue weighted by atomic mass is 10.0. The van der Waals surface area contributed by atoms with E-state index in [-0.39, 0.29) is 35.8 Å². The summed E-state index contributed by atoms with van der Waals surface area (Å²) in [5, 5.41) is 5.10. The molecule has 0 bridgehead atoms. The van der Waals surface area contributed by atoms with Crippen LogP contribution in [-0.4, -0.2) is 41.4 Å². The molecule has 0 aliphatic carbocycles. The number of hydrogen-bond acceptors (Lipinski definition) is 7. The van der Waals surface area contributed by atoms with Gasteiger partial charge in [0, 0.05) is 18.9 Å². The first-order valence-electron chi connectivity index (χ1n) is 8.94. The number of carbonyl (C=O) groups is 1. The molecule has 0 fully saturated rings. The van der Waals surface area contributed by atoms with Crippen molar-refractivity contribution in [1.29, 1.82) is 0 Å². The molecule has 0 aliphatic rings. The zero-order valence-electron chi connectivity index (χ0n) is 16.4. The van der Waals surface area contributed by atoms with Crippen LogP contribution in [-0.2, 0) is 17.5 Å². The summed E-state index contributed by atoms with van der Waals surface area (Å²) in [5.41, 5.74) is 0.342. The van der Waals surface area contributed by atoms with Gasteiger partial charge in [0.15, 0.2) is 11.6 Å². The number of pyridine rings is 1. The van der Waals surface area contributed by atoms with Crippen molar-refractivity contribution < 1.29 is 40.7 Å². The van der Waals surface area contributed by atoms with E-state index in [0.29, 0.717) is 0 Å². The van der Waals surface area contributed by atoms with E-state index < -0.39 is 42.0 Å². The summed E-state index contributed by atoms with van der Waals surface area (Å²) in [6.07, 6.45) is -3.64. The van der Waals surface area contributed by atoms with Crippen molar-refractivity contribution in [2.75, 3.05) is 20.3 Å². The Morgan fingerprint density at radius 1 is 1.16 bits per heavy atom. The zero-order valence-corrected chi connectivity index (χ0v) is 16.4. The van der Waals surface area contributed by atoms with Crippen LogP contribution in [0, 0.1) is 11.6 Å². The maximum absolute atomic E-state index is 13.7. The maximum Gasteiger partial charge on any atom is 0.455 e. The Balaban J connectivity index is 1.82. The van der Waals surface area contributed by atoms with Crippen molar-refractivity contribution in [3.05, 3.63) is 59.4 Å². The lowest BCUT2D eigenvalue weighted by Crippen LogP contribution is -2.23. The normalized spacial score (nSPS) is 11.4. The van der Waals surface area contributed by atoms with Crippen LogP contribution in [0.15, 0.2) is 35.0 Å². The van der Waals surface area contributed by atoms with Gasteiger partial charge in [-0.15, -0.1) is 0 Å². The van der Waals surface area contributed by atoms with Crippen molar-refractivity contribution >= 4 is 5.91 Å². The number of rotatable bonds is 8. The van der Waals surface area contributed by atoms with Gasteiger partial charge in [0.2, 0.25) is 11.8 Å². The van der Waals surface area contributed by atoms with Gasteiger partial charge >= 0.3 is 6.18 Å². The summed E-state index contributed by atoms with van der Waals surface area (Å²) in [6, 6.07) is 4.40. The number of amides is 1. The number of methoxy groups -OCH3 is 1. The average molecular weight is 458 g/mol. The molecule has 0 spiro atoms. The molecule has 32 heavy (non-hydrogen) atoms. The van der Waals surface area contributed by atoms with Crippen LogP contribution in [0.1, 0.15) is 22.1 Å². The largest absolute Gasteiger partial charge is 0.475 e. The molecular weight excluding hydrogens is 443 g/mol. The molecule has 0 saturated carbocycles. The molecule has 0 saturated heterocycles. The van der Waals surface area contributed by atoms with Gasteiger partial charge in [-0.2, -0.15) is 18.2 Å². The van der Waals surface area contributed by atoms with Crippen molar-refractivity contribution in [1.82, 2.24) is 20.4 Å². The third-order valence-corrected chi connectivity index (χ3v) is 3.99. The minimum atomic E-state index is -4.78. The molecule has 2 heterocycles. The fourth-order valence-corrected chi connectivity index (χ4v) is 2.48. The highest BCUT2D eigenvalue weighted by Crippen LogP contribution is 2.30. The monoisotopic (exact) mass is 458 g/mol. The Labute approximate surface area is 177 Å². The lowest BCUT2D eigenvalue weighted by Gasteiger charge is -2.12. The molecule has 3 rings (SSSR count). The summed E-state index contributed by atoms with van der Waals surface area (Å²) in [4.78, 5) is 19.6. The van der Waals surface area contributed by atoms with Crippen molar-refractivity contribution in [2.24, 2.45) is 0 Å². The minimum absolute atomic E-state index is 0.0283. The molecule has 0 unspecified atom stereocenters. The number of carbonyl (C=O) groups excluding carboxylic acids is 1. The van der Waals surface area contributed by atoms with Crippen LogP contribution < -0.4 is 10.1 Å². The first-order valence-corrected chi connectivity index (χ1v) is 8.94. The smallest absolute Gasteiger partial charge is 0.455 e. The molecule has 3 aromatic rings. The molecule has 0 aliphatic heterocycles. The molecule has 1 aromatic carbocycles. The number of aromatic nitrogens is 3. The first-order chi connectivity index (χ1) is 15.2. The zero-order chi connectivity index (χ0) is 23.3. The molecule has 170 valence electrons. The minimum Gasteiger partial charge on any atom is -0.475 e. The van der Waals surface area contributed by atoms with Gasteiger partial charge in [-0.05, 0) is 23.8 Å². The number of ether oxygens (including phenoxy) is 2. The van der Waals surface area contributed by atoms with Crippen LogP contribution in [0.3, 0.4) is 0 Å². The molecule has 1 amide bonds. The summed E-state index contributed by atoms with van der Waals surface area (Å²) >= 11 is 0. The molecule has 2 aromatic heterocycles. The lowest BCUT2D eigenvalue weighted by molar-refractivity contribution is -0.146. The number of alkyl halides is 3. The predicted octanol–water partition coefficient (Wildman–Crippen LogP) is 3.38. The van der Waals surface area contributed by atoms with Gasteiger partial charge in [0.1, 0.15) is 6.61 Å². The average Bonchev–Trinajstić information content (AvgIpc) is 3.24. The Morgan fingerprint density at radius 3 is 2.59 bits per heavy atom. The second-order valence-corrected chi connectivity index (χ2v) is 6.24. The number of nitrogens with one attached hydrogen (secondary N) is 1. The Morgan fingerprint density at radius 2 is 1.94 bits per heavy atom. The second-order valence-electron chi connectivity index (χ2n) is 6.24. The van der Waals surface area contributed by atoms with Crippen molar-refractivity contribution in [2.45, 2.75) is 12.7 Å². The Bertz CT molecular complexity index is 1100. The first kappa shape index (κ1) is 23.1. The van der Waals surface area contributed by atoms with Crippen molar-refractivity contribution in [3.8, 4) is 17.0 Å². The SMILES string of the molecule is COCCOc1ncc(C(=O)NCc2nc(C(F)(F)F)no2)cc1-c1ccc(F)c(F)c1. The second kappa shape index (κ2) is 9.68. The quantitative estimate of drug-likeness (QED) is 0.408. The molecule has 0 radical (unpaired) electrons. The van der Waals surface area contributed by atoms with E-state index >= 15 is 0 Å². The van der Waals surface area contributed by atoms with Crippen LogP contribution in [0.5, 0.6) is 5.88 Å². The third kappa shape index (κ3) is 5.55. The topological polar surface area (TPSA) is 99.4 Å². The molecule has 0 atom stereocenters. The fraction of sp³-hybridized carbons (Fsp3) is 0.263. The van der Waals surface area contributed by atoms with Gasteiger partial charge < -0.3 is 19.3 Å². The number of hydrogen-bond donors (Lipinski definition) is 1. The predicted molar refractivity (Wildman–Crippen MR) is 97.4 cm³/mol. The van der Waals surface area contributed by atoms with E-state index in [1.807, 2.05) is 0 Å². The number of halogens is 5. The van der Waals surface area contributed by atoms with E-state index in [1.165, 1.54) is 19.2 Å². The van der Waals surface area contributed by atoms with E-state index in [2.05, 4.69) is 25.0 Å². The Kier molecular flexibility index (Phi) is 6.98. The van der Waals surface area contributed by atoms with Gasteiger partial charge in [-0.3, -0.25) is 4.79 Å². The maximum atomic E-state index is 13.7. The van der Waals surface area contributed by atoms with Crippen LogP contribution in [0.25, 0.3) is 11.1 Å². The standard InChI is InChI=1S/C19H15F5N4O4/c1-30-4-5-31-17-12(10-2-3-13(20)14(21)7-10)6-11(8-26-17)16(29)25-9-15-27-18(28-32-15)19(22,23)24/h2-3,6-8H,4-5,9H2,1H3,(H,25,29). The fourth-order valence-electron chi connectivity index (χ4n) is 2.48. The van der Waals surface area contributed by atoms with E-state index in [0.717, 1.165) is 18.3 Å². The molecular formula is C19H15F5N4O4. The molecule has 13 heteroatoms.